The molecule has 4 heteroatoms. The van der Waals surface area contributed by atoms with Gasteiger partial charge in [-0.1, -0.05) is 24.3 Å². The molecule has 1 aromatic rings. The van der Waals surface area contributed by atoms with E-state index in [2.05, 4.69) is 45.8 Å². The number of carbonyl (C=O) groups excluding carboxylic acids is 1. The summed E-state index contributed by atoms with van der Waals surface area (Å²) >= 11 is 0. The number of hydrogen-bond acceptors (Lipinski definition) is 3. The van der Waals surface area contributed by atoms with Crippen LogP contribution in [0.1, 0.15) is 18.7 Å². The molecular weight excluding hydrogens is 274 g/mol. The number of aromatic nitrogens is 2. The topological polar surface area (TPSA) is 38.1 Å². The monoisotopic (exact) mass is 295 g/mol. The second-order valence-electron chi connectivity index (χ2n) is 6.48. The molecule has 0 spiro atoms. The zero-order valence-corrected chi connectivity index (χ0v) is 13.1. The highest BCUT2D eigenvalue weighted by Crippen LogP contribution is 2.43. The lowest BCUT2D eigenvalue weighted by atomic mass is 9.79. The van der Waals surface area contributed by atoms with Crippen LogP contribution < -0.4 is 0 Å². The van der Waals surface area contributed by atoms with Crippen molar-refractivity contribution in [1.29, 1.82) is 0 Å². The van der Waals surface area contributed by atoms with E-state index >= 15 is 0 Å². The van der Waals surface area contributed by atoms with Crippen LogP contribution in [-0.4, -0.2) is 33.3 Å². The average molecular weight is 295 g/mol. The fraction of sp³-hybridized carbons (Fsp3) is 0.444. The third kappa shape index (κ3) is 1.90. The highest BCUT2D eigenvalue weighted by atomic mass is 16.1. The summed E-state index contributed by atoms with van der Waals surface area (Å²) < 4.78 is 2.10. The van der Waals surface area contributed by atoms with Crippen molar-refractivity contribution < 1.29 is 4.79 Å². The van der Waals surface area contributed by atoms with Crippen LogP contribution in [0.5, 0.6) is 0 Å². The summed E-state index contributed by atoms with van der Waals surface area (Å²) in [5, 5.41) is 0. The number of hydrogen-bond donors (Lipinski definition) is 0. The third-order valence-corrected chi connectivity index (χ3v) is 5.33. The van der Waals surface area contributed by atoms with Gasteiger partial charge in [0.25, 0.3) is 0 Å². The minimum atomic E-state index is 0.0816. The fourth-order valence-corrected chi connectivity index (χ4v) is 4.08. The van der Waals surface area contributed by atoms with Gasteiger partial charge in [-0.05, 0) is 19.8 Å². The van der Waals surface area contributed by atoms with Gasteiger partial charge in [-0.25, -0.2) is 4.98 Å². The average Bonchev–Trinajstić information content (AvgIpc) is 3.05. The number of Topliss-reactive ketones (excluding diaryl/α,β-unsaturated/α-hetero) is 1. The molecule has 0 aromatic carbocycles. The van der Waals surface area contributed by atoms with Crippen LogP contribution in [0.4, 0.5) is 0 Å². The molecule has 1 aromatic heterocycles. The zero-order valence-electron chi connectivity index (χ0n) is 13.1. The molecule has 0 saturated carbocycles. The molecule has 0 fully saturated rings. The highest BCUT2D eigenvalue weighted by molar-refractivity contribution is 6.00. The molecule has 3 atom stereocenters. The molecule has 0 radical (unpaired) electrons. The first-order valence-electron chi connectivity index (χ1n) is 7.99. The first kappa shape index (κ1) is 13.6. The van der Waals surface area contributed by atoms with Crippen molar-refractivity contribution in [3.05, 3.63) is 53.8 Å². The molecule has 4 rings (SSSR count). The van der Waals surface area contributed by atoms with Gasteiger partial charge in [0.05, 0.1) is 6.04 Å². The van der Waals surface area contributed by atoms with Gasteiger partial charge in [0.2, 0.25) is 0 Å². The molecule has 22 heavy (non-hydrogen) atoms. The van der Waals surface area contributed by atoms with E-state index in [1.807, 2.05) is 13.1 Å². The molecule has 0 saturated heterocycles. The van der Waals surface area contributed by atoms with Crippen LogP contribution in [-0.2, 0) is 11.3 Å². The van der Waals surface area contributed by atoms with Crippen molar-refractivity contribution >= 4 is 5.78 Å². The van der Waals surface area contributed by atoms with Crippen LogP contribution >= 0.6 is 0 Å². The maximum absolute atomic E-state index is 13.1. The molecule has 4 nitrogen and oxygen atoms in total. The molecule has 1 aliphatic heterocycles. The maximum Gasteiger partial charge on any atom is 0.166 e. The Morgan fingerprint density at radius 1 is 1.32 bits per heavy atom. The first-order valence-corrected chi connectivity index (χ1v) is 7.99. The molecule has 0 bridgehead atoms. The van der Waals surface area contributed by atoms with Crippen molar-refractivity contribution in [3.8, 4) is 0 Å². The van der Waals surface area contributed by atoms with E-state index in [9.17, 15) is 4.79 Å². The molecule has 0 N–H and O–H groups in total. The molecule has 2 aliphatic carbocycles. The summed E-state index contributed by atoms with van der Waals surface area (Å²) in [5.74, 6) is 1.64. The van der Waals surface area contributed by atoms with Crippen molar-refractivity contribution in [2.24, 2.45) is 11.8 Å². The SMILES string of the molecule is Cc1nccn1CC1CCC2=C(C1=O)C1C=CC=CC1N2C. The Kier molecular flexibility index (Phi) is 3.06. The Hall–Kier alpha value is -2.10. The molecule has 3 unspecified atom stereocenters. The second kappa shape index (κ2) is 4.97. The molecule has 0 amide bonds. The van der Waals surface area contributed by atoms with E-state index in [-0.39, 0.29) is 11.8 Å². The van der Waals surface area contributed by atoms with Gasteiger partial charge < -0.3 is 9.47 Å². The van der Waals surface area contributed by atoms with E-state index in [0.29, 0.717) is 11.8 Å². The van der Waals surface area contributed by atoms with E-state index in [1.165, 1.54) is 5.70 Å². The minimum Gasteiger partial charge on any atom is -0.370 e. The van der Waals surface area contributed by atoms with Crippen molar-refractivity contribution in [2.75, 3.05) is 7.05 Å². The van der Waals surface area contributed by atoms with Crippen molar-refractivity contribution in [3.63, 3.8) is 0 Å². The van der Waals surface area contributed by atoms with Gasteiger partial charge in [-0.15, -0.1) is 0 Å². The predicted molar refractivity (Wildman–Crippen MR) is 85.0 cm³/mol. The number of fused-ring (bicyclic) bond motifs is 2. The van der Waals surface area contributed by atoms with E-state index in [1.54, 1.807) is 6.20 Å². The largest absolute Gasteiger partial charge is 0.370 e. The highest BCUT2D eigenvalue weighted by Gasteiger charge is 2.44. The fourth-order valence-electron chi connectivity index (χ4n) is 4.08. The number of aryl methyl sites for hydroxylation is 1. The van der Waals surface area contributed by atoms with Crippen LogP contribution in [0.25, 0.3) is 0 Å². The molecular formula is C18H21N3O. The van der Waals surface area contributed by atoms with Gasteiger partial charge in [0.1, 0.15) is 5.82 Å². The normalized spacial score (nSPS) is 30.0. The Labute approximate surface area is 130 Å². The Morgan fingerprint density at radius 3 is 2.91 bits per heavy atom. The molecule has 2 heterocycles. The van der Waals surface area contributed by atoms with E-state index in [4.69, 9.17) is 0 Å². The van der Waals surface area contributed by atoms with Gasteiger partial charge >= 0.3 is 0 Å². The number of ketones is 1. The summed E-state index contributed by atoms with van der Waals surface area (Å²) in [5.41, 5.74) is 2.32. The number of allylic oxidation sites excluding steroid dienone is 3. The Balaban J connectivity index is 1.63. The first-order chi connectivity index (χ1) is 10.7. The number of nitrogens with zero attached hydrogens (tertiary/aromatic N) is 3. The summed E-state index contributed by atoms with van der Waals surface area (Å²) in [6.07, 6.45) is 14.3. The Morgan fingerprint density at radius 2 is 2.14 bits per heavy atom. The minimum absolute atomic E-state index is 0.0816. The van der Waals surface area contributed by atoms with Gasteiger partial charge in [0.15, 0.2) is 5.78 Å². The summed E-state index contributed by atoms with van der Waals surface area (Å²) in [6.45, 7) is 2.74. The lowest BCUT2D eigenvalue weighted by molar-refractivity contribution is -0.120. The van der Waals surface area contributed by atoms with Crippen molar-refractivity contribution in [2.45, 2.75) is 32.4 Å². The second-order valence-corrected chi connectivity index (χ2v) is 6.48. The van der Waals surface area contributed by atoms with Crippen LogP contribution in [0.3, 0.4) is 0 Å². The number of rotatable bonds is 2. The maximum atomic E-state index is 13.1. The molecule has 114 valence electrons. The van der Waals surface area contributed by atoms with Gasteiger partial charge in [0, 0.05) is 49.1 Å². The number of imidazole rings is 1. The smallest absolute Gasteiger partial charge is 0.166 e. The van der Waals surface area contributed by atoms with Gasteiger partial charge in [-0.2, -0.15) is 0 Å². The number of likely N-dealkylation sites (N-methyl/N-ethyl adjacent to an activating group) is 1. The van der Waals surface area contributed by atoms with Crippen LogP contribution in [0.2, 0.25) is 0 Å². The summed E-state index contributed by atoms with van der Waals surface area (Å²) in [4.78, 5) is 19.6. The zero-order chi connectivity index (χ0) is 15.3. The quantitative estimate of drug-likeness (QED) is 0.841. The predicted octanol–water partition coefficient (Wildman–Crippen LogP) is 2.48. The van der Waals surface area contributed by atoms with Crippen LogP contribution in [0.15, 0.2) is 48.0 Å². The standard InChI is InChI=1S/C18H21N3O/c1-12-19-9-10-21(12)11-13-7-8-16-17(18(13)22)14-5-3-4-6-15(14)20(16)2/h3-6,9-10,13-15H,7-8,11H2,1-2H3. The van der Waals surface area contributed by atoms with Gasteiger partial charge in [-0.3, -0.25) is 4.79 Å². The molecule has 3 aliphatic rings. The Bertz CT molecular complexity index is 710. The number of carbonyl (C=O) groups is 1. The van der Waals surface area contributed by atoms with Crippen molar-refractivity contribution in [1.82, 2.24) is 14.5 Å². The van der Waals surface area contributed by atoms with Crippen LogP contribution in [0, 0.1) is 18.8 Å². The third-order valence-electron chi connectivity index (χ3n) is 5.33. The summed E-state index contributed by atoms with van der Waals surface area (Å²) in [6, 6.07) is 0.327. The van der Waals surface area contributed by atoms with E-state index in [0.717, 1.165) is 30.8 Å². The lowest BCUT2D eigenvalue weighted by Gasteiger charge is -2.27. The lowest BCUT2D eigenvalue weighted by Crippen LogP contribution is -2.29. The van der Waals surface area contributed by atoms with E-state index < -0.39 is 0 Å². The summed E-state index contributed by atoms with van der Waals surface area (Å²) in [7, 11) is 2.12.